The lowest BCUT2D eigenvalue weighted by Crippen LogP contribution is -2.38. The summed E-state index contributed by atoms with van der Waals surface area (Å²) in [5, 5.41) is 0.715. The van der Waals surface area contributed by atoms with Crippen LogP contribution in [0.2, 0.25) is 0 Å². The summed E-state index contributed by atoms with van der Waals surface area (Å²) in [5.41, 5.74) is 1.83. The summed E-state index contributed by atoms with van der Waals surface area (Å²) in [6.07, 6.45) is 2.18. The van der Waals surface area contributed by atoms with Gasteiger partial charge in [-0.15, -0.1) is 0 Å². The Morgan fingerprint density at radius 3 is 2.91 bits per heavy atom. The fourth-order valence-electron chi connectivity index (χ4n) is 3.60. The molecule has 1 saturated heterocycles. The molecule has 1 N–H and O–H groups in total. The lowest BCUT2D eigenvalue weighted by molar-refractivity contribution is 0.0602. The second-order valence-corrected chi connectivity index (χ2v) is 6.05. The van der Waals surface area contributed by atoms with E-state index in [0.717, 1.165) is 31.6 Å². The Kier molecular flexibility index (Phi) is 3.68. The number of benzene rings is 1. The summed E-state index contributed by atoms with van der Waals surface area (Å²) < 4.78 is 18.6. The Balaban J connectivity index is 2.16. The van der Waals surface area contributed by atoms with Crippen molar-refractivity contribution >= 4 is 16.9 Å². The number of carbonyl (C=O) groups is 1. The highest BCUT2D eigenvalue weighted by Crippen LogP contribution is 2.39. The van der Waals surface area contributed by atoms with Gasteiger partial charge in [0, 0.05) is 16.6 Å². The first-order valence-electron chi connectivity index (χ1n) is 7.65. The third-order valence-electron chi connectivity index (χ3n) is 4.86. The van der Waals surface area contributed by atoms with Crippen LogP contribution in [0.1, 0.15) is 42.7 Å². The highest BCUT2D eigenvalue weighted by atomic mass is 19.1. The average Bonchev–Trinajstić information content (AvgIpc) is 3.09. The number of esters is 1. The number of nitrogens with one attached hydrogen (secondary N) is 1. The zero-order valence-corrected chi connectivity index (χ0v) is 13.2. The minimum absolute atomic E-state index is 0.0996. The maximum absolute atomic E-state index is 13.8. The molecule has 1 atom stereocenters. The molecule has 0 saturated carbocycles. The number of methoxy groups -OCH3 is 1. The van der Waals surface area contributed by atoms with E-state index in [-0.39, 0.29) is 11.1 Å². The van der Waals surface area contributed by atoms with Crippen molar-refractivity contribution in [3.05, 3.63) is 35.3 Å². The molecule has 1 fully saturated rings. The highest BCUT2D eigenvalue weighted by Gasteiger charge is 2.38. The number of hydrogen-bond acceptors (Lipinski definition) is 3. The van der Waals surface area contributed by atoms with Gasteiger partial charge in [-0.3, -0.25) is 4.90 Å². The van der Waals surface area contributed by atoms with Gasteiger partial charge >= 0.3 is 5.97 Å². The van der Waals surface area contributed by atoms with Crippen molar-refractivity contribution < 1.29 is 13.9 Å². The number of carbonyl (C=O) groups excluding carboxylic acids is 1. The quantitative estimate of drug-likeness (QED) is 0.884. The Morgan fingerprint density at radius 1 is 1.45 bits per heavy atom. The van der Waals surface area contributed by atoms with Crippen LogP contribution in [0.3, 0.4) is 0 Å². The average molecular weight is 304 g/mol. The molecule has 3 rings (SSSR count). The molecule has 0 aliphatic carbocycles. The van der Waals surface area contributed by atoms with E-state index in [2.05, 4.69) is 23.7 Å². The van der Waals surface area contributed by atoms with Gasteiger partial charge in [0.1, 0.15) is 5.82 Å². The van der Waals surface area contributed by atoms with E-state index in [1.54, 1.807) is 0 Å². The first-order valence-corrected chi connectivity index (χ1v) is 7.65. The van der Waals surface area contributed by atoms with E-state index in [9.17, 15) is 9.18 Å². The molecule has 0 spiro atoms. The number of aromatic amines is 1. The predicted molar refractivity (Wildman–Crippen MR) is 83.4 cm³/mol. The third-order valence-corrected chi connectivity index (χ3v) is 4.86. The van der Waals surface area contributed by atoms with Crippen molar-refractivity contribution in [2.24, 2.45) is 0 Å². The molecular weight excluding hydrogens is 283 g/mol. The summed E-state index contributed by atoms with van der Waals surface area (Å²) in [4.78, 5) is 17.6. The number of aromatic nitrogens is 1. The predicted octanol–water partition coefficient (Wildman–Crippen LogP) is 3.42. The van der Waals surface area contributed by atoms with Crippen molar-refractivity contribution in [3.8, 4) is 0 Å². The largest absolute Gasteiger partial charge is 0.465 e. The minimum Gasteiger partial charge on any atom is -0.465 e. The second-order valence-electron chi connectivity index (χ2n) is 6.05. The Morgan fingerprint density at radius 2 is 2.23 bits per heavy atom. The van der Waals surface area contributed by atoms with Crippen LogP contribution in [0, 0.1) is 5.82 Å². The van der Waals surface area contributed by atoms with Gasteiger partial charge in [0.2, 0.25) is 0 Å². The van der Waals surface area contributed by atoms with Crippen molar-refractivity contribution in [2.75, 3.05) is 20.2 Å². The zero-order valence-electron chi connectivity index (χ0n) is 13.2. The molecule has 22 heavy (non-hydrogen) atoms. The lowest BCUT2D eigenvalue weighted by atomic mass is 9.94. The zero-order chi connectivity index (χ0) is 15.9. The van der Waals surface area contributed by atoms with E-state index >= 15 is 0 Å². The van der Waals surface area contributed by atoms with Gasteiger partial charge in [0.25, 0.3) is 0 Å². The standard InChI is InChI=1S/C17H21FN2O2/c1-4-20-7-5-6-17(20,2)15-10-12-13(16(21)22-3)8-11(18)9-14(12)19-15/h8-10,19H,4-7H2,1-3H3/t17-/m1/s1. The molecule has 2 aromatic rings. The summed E-state index contributed by atoms with van der Waals surface area (Å²) in [6.45, 7) is 6.36. The molecule has 0 bridgehead atoms. The number of rotatable bonds is 3. The van der Waals surface area contributed by atoms with Crippen molar-refractivity contribution in [2.45, 2.75) is 32.2 Å². The first-order chi connectivity index (χ1) is 10.5. The smallest absolute Gasteiger partial charge is 0.338 e. The second kappa shape index (κ2) is 5.39. The fourth-order valence-corrected chi connectivity index (χ4v) is 3.60. The lowest BCUT2D eigenvalue weighted by Gasteiger charge is -2.33. The molecular formula is C17H21FN2O2. The van der Waals surface area contributed by atoms with Crippen LogP contribution in [0.15, 0.2) is 18.2 Å². The number of halogens is 1. The van der Waals surface area contributed by atoms with Crippen LogP contribution in [-0.2, 0) is 10.3 Å². The summed E-state index contributed by atoms with van der Waals surface area (Å²) in [6, 6.07) is 4.63. The number of fused-ring (bicyclic) bond motifs is 1. The van der Waals surface area contributed by atoms with Crippen LogP contribution in [0.4, 0.5) is 4.39 Å². The number of ether oxygens (including phenoxy) is 1. The van der Waals surface area contributed by atoms with Crippen LogP contribution in [0.25, 0.3) is 10.9 Å². The molecule has 4 nitrogen and oxygen atoms in total. The number of likely N-dealkylation sites (tertiary alicyclic amines) is 1. The SMILES string of the molecule is CCN1CCC[C@]1(C)c1cc2c(C(=O)OC)cc(F)cc2[nH]1. The van der Waals surface area contributed by atoms with Gasteiger partial charge in [0.05, 0.1) is 18.2 Å². The molecule has 1 aliphatic heterocycles. The third kappa shape index (κ3) is 2.20. The van der Waals surface area contributed by atoms with Gasteiger partial charge in [-0.05, 0) is 51.1 Å². The molecule has 1 aromatic carbocycles. The summed E-state index contributed by atoms with van der Waals surface area (Å²) >= 11 is 0. The van der Waals surface area contributed by atoms with Gasteiger partial charge in [0.15, 0.2) is 0 Å². The maximum atomic E-state index is 13.8. The molecule has 0 unspecified atom stereocenters. The van der Waals surface area contributed by atoms with E-state index in [1.807, 2.05) is 6.07 Å². The number of H-pyrrole nitrogens is 1. The van der Waals surface area contributed by atoms with E-state index < -0.39 is 11.8 Å². The first kappa shape index (κ1) is 15.0. The number of hydrogen-bond donors (Lipinski definition) is 1. The highest BCUT2D eigenvalue weighted by molar-refractivity contribution is 6.04. The van der Waals surface area contributed by atoms with Gasteiger partial charge in [-0.2, -0.15) is 0 Å². The van der Waals surface area contributed by atoms with Gasteiger partial charge < -0.3 is 9.72 Å². The Hall–Kier alpha value is -1.88. The Bertz CT molecular complexity index is 725. The summed E-state index contributed by atoms with van der Waals surface area (Å²) in [7, 11) is 1.31. The van der Waals surface area contributed by atoms with Crippen LogP contribution >= 0.6 is 0 Å². The molecule has 0 amide bonds. The molecule has 1 aliphatic rings. The van der Waals surface area contributed by atoms with Crippen LogP contribution in [0.5, 0.6) is 0 Å². The van der Waals surface area contributed by atoms with E-state index in [0.29, 0.717) is 10.9 Å². The molecule has 5 heteroatoms. The van der Waals surface area contributed by atoms with Crippen molar-refractivity contribution in [1.29, 1.82) is 0 Å². The normalized spacial score (nSPS) is 22.4. The van der Waals surface area contributed by atoms with Gasteiger partial charge in [-0.1, -0.05) is 6.92 Å². The van der Waals surface area contributed by atoms with Crippen molar-refractivity contribution in [1.82, 2.24) is 9.88 Å². The van der Waals surface area contributed by atoms with Crippen molar-refractivity contribution in [3.63, 3.8) is 0 Å². The molecule has 1 aromatic heterocycles. The topological polar surface area (TPSA) is 45.3 Å². The fraction of sp³-hybridized carbons (Fsp3) is 0.471. The monoisotopic (exact) mass is 304 g/mol. The number of nitrogens with zero attached hydrogens (tertiary/aromatic N) is 1. The molecule has 0 radical (unpaired) electrons. The van der Waals surface area contributed by atoms with Crippen LogP contribution < -0.4 is 0 Å². The van der Waals surface area contributed by atoms with E-state index in [1.165, 1.54) is 19.2 Å². The minimum atomic E-state index is -0.515. The molecule has 2 heterocycles. The maximum Gasteiger partial charge on any atom is 0.338 e. The van der Waals surface area contributed by atoms with E-state index in [4.69, 9.17) is 4.74 Å². The summed E-state index contributed by atoms with van der Waals surface area (Å²) in [5.74, 6) is -0.954. The Labute approximate surface area is 129 Å². The van der Waals surface area contributed by atoms with Crippen LogP contribution in [-0.4, -0.2) is 36.1 Å². The molecule has 118 valence electrons. The van der Waals surface area contributed by atoms with Gasteiger partial charge in [-0.25, -0.2) is 9.18 Å².